The Kier molecular flexibility index (Phi) is 28.5. The lowest BCUT2D eigenvalue weighted by Gasteiger charge is -2.44. The molecule has 1 fully saturated rings. The lowest BCUT2D eigenvalue weighted by atomic mass is 10.3. The van der Waals surface area contributed by atoms with Crippen LogP contribution in [0.25, 0.3) is 0 Å². The normalized spacial score (nSPS) is 18.0. The van der Waals surface area contributed by atoms with E-state index >= 15 is 0 Å². The van der Waals surface area contributed by atoms with Gasteiger partial charge in [0.15, 0.2) is 0 Å². The number of rotatable bonds is 28. The maximum atomic E-state index is 6.51. The Balaban J connectivity index is 4.00. The molecule has 0 spiro atoms. The van der Waals surface area contributed by atoms with Crippen LogP contribution in [-0.4, -0.2) is 186 Å². The quantitative estimate of drug-likeness (QED) is 0.105. The highest BCUT2D eigenvalue weighted by Crippen LogP contribution is 2.25. The fourth-order valence-corrected chi connectivity index (χ4v) is 17.5. The molecule has 0 aromatic rings. The molecule has 1 aliphatic rings. The third kappa shape index (κ3) is 15.4. The van der Waals surface area contributed by atoms with Crippen LogP contribution >= 0.6 is 0 Å². The van der Waals surface area contributed by atoms with Gasteiger partial charge in [-0.1, -0.05) is 0 Å². The van der Waals surface area contributed by atoms with Crippen molar-refractivity contribution < 1.29 is 53.1 Å². The van der Waals surface area contributed by atoms with Gasteiger partial charge >= 0.3 is 35.9 Å². The van der Waals surface area contributed by atoms with Crippen molar-refractivity contribution in [3.8, 4) is 0 Å². The molecule has 1 rings (SSSR count). The minimum Gasteiger partial charge on any atom is -0.361 e. The summed E-state index contributed by atoms with van der Waals surface area (Å²) in [7, 11) is -13.3. The molecule has 0 N–H and O–H groups in total. The van der Waals surface area contributed by atoms with Crippen molar-refractivity contribution in [1.82, 2.24) is 18.3 Å². The van der Waals surface area contributed by atoms with Crippen LogP contribution in [0.15, 0.2) is 0 Å². The van der Waals surface area contributed by atoms with Gasteiger partial charge in [0.05, 0.1) is 0 Å². The summed E-state index contributed by atoms with van der Waals surface area (Å²) in [6.45, 7) is 34.3. The van der Waals surface area contributed by atoms with Crippen LogP contribution in [-0.2, 0) is 53.1 Å². The van der Waals surface area contributed by atoms with Crippen LogP contribution < -0.4 is 0 Å². The molecular weight excluding hydrogens is 769 g/mol. The summed E-state index contributed by atoms with van der Waals surface area (Å²) in [4.78, 5) is 0. The van der Waals surface area contributed by atoms with Crippen LogP contribution in [0, 0.1) is 0 Å². The molecule has 324 valence electrons. The summed E-state index contributed by atoms with van der Waals surface area (Å²) >= 11 is 0. The second-order valence-electron chi connectivity index (χ2n) is 11.9. The zero-order chi connectivity index (χ0) is 40.4. The fourth-order valence-electron chi connectivity index (χ4n) is 6.71. The summed E-state index contributed by atoms with van der Waals surface area (Å²) < 4.78 is 87.3. The van der Waals surface area contributed by atoms with E-state index in [1.54, 1.807) is 0 Å². The van der Waals surface area contributed by atoms with Crippen molar-refractivity contribution in [2.24, 2.45) is 0 Å². The Bertz CT molecular complexity index is 723. The van der Waals surface area contributed by atoms with Gasteiger partial charge < -0.3 is 53.1 Å². The van der Waals surface area contributed by atoms with Crippen molar-refractivity contribution in [1.29, 1.82) is 0 Å². The maximum absolute atomic E-state index is 6.51. The summed E-state index contributed by atoms with van der Waals surface area (Å²) in [5, 5.41) is 0. The molecule has 16 nitrogen and oxygen atoms in total. The number of nitrogens with zero attached hydrogens (tertiary/aromatic N) is 4. The smallest absolute Gasteiger partial charge is 0.361 e. The van der Waals surface area contributed by atoms with Gasteiger partial charge in [0, 0.05) is 105 Å². The van der Waals surface area contributed by atoms with Crippen molar-refractivity contribution in [2.75, 3.05) is 132 Å². The summed E-state index contributed by atoms with van der Waals surface area (Å²) in [6, 6.07) is 0. The first-order valence-corrected chi connectivity index (χ1v) is 27.5. The molecule has 0 radical (unpaired) electrons. The second-order valence-corrected chi connectivity index (χ2v) is 22.1. The van der Waals surface area contributed by atoms with Crippen LogP contribution in [0.2, 0.25) is 0 Å². The summed E-state index contributed by atoms with van der Waals surface area (Å²) in [5.41, 5.74) is 0. The third-order valence-electron chi connectivity index (χ3n) is 8.46. The lowest BCUT2D eigenvalue weighted by Crippen LogP contribution is -2.68. The van der Waals surface area contributed by atoms with Crippen LogP contribution in [0.3, 0.4) is 0 Å². The molecule has 20 heteroatoms. The predicted octanol–water partition coefficient (Wildman–Crippen LogP) is 4.17. The van der Waals surface area contributed by atoms with Crippen molar-refractivity contribution >= 4 is 35.9 Å². The highest BCUT2D eigenvalue weighted by Gasteiger charge is 2.54. The molecule has 0 bridgehead atoms. The summed E-state index contributed by atoms with van der Waals surface area (Å²) in [6.07, 6.45) is 1.47. The van der Waals surface area contributed by atoms with E-state index in [0.717, 1.165) is 12.8 Å². The van der Waals surface area contributed by atoms with Gasteiger partial charge in [0.2, 0.25) is 0 Å². The van der Waals surface area contributed by atoms with Gasteiger partial charge in [-0.05, 0) is 122 Å². The Hall–Kier alpha value is 0.228. The van der Waals surface area contributed by atoms with Gasteiger partial charge in [-0.2, -0.15) is 0 Å². The minimum absolute atomic E-state index is 0.462. The van der Waals surface area contributed by atoms with Crippen molar-refractivity contribution in [2.45, 2.75) is 95.9 Å². The average molecular weight is 849 g/mol. The zero-order valence-electron chi connectivity index (χ0n) is 36.2. The SMILES string of the molecule is CCO[Si](OCC)(OCC)N1CCCN([Si](OCC)(OCC)OCC)CCN([Si](OCC)(OCC)OCC)CCCN([Si](OCC)(OCC)OCC)CC1. The van der Waals surface area contributed by atoms with E-state index in [4.69, 9.17) is 53.1 Å². The molecule has 0 saturated carbocycles. The first-order valence-electron chi connectivity index (χ1n) is 20.8. The molecule has 0 aromatic carbocycles. The standard InChI is InChI=1S/C34H80N4O12Si4/c1-13-39-51(40-14-2,41-15-3)35-27-25-28-37(53(45-19-7,46-20-8)47-21-9)33-34-38(54(48-22-10,49-23-11)50-24-12)30-26-29-36(32-31-35)52(42-16-4,43-17-5)44-18-6/h13-34H2,1-12H3. The highest BCUT2D eigenvalue weighted by atomic mass is 28.4. The van der Waals surface area contributed by atoms with Gasteiger partial charge in [-0.3, -0.25) is 18.3 Å². The molecule has 0 atom stereocenters. The van der Waals surface area contributed by atoms with Crippen molar-refractivity contribution in [3.63, 3.8) is 0 Å². The van der Waals surface area contributed by atoms with Crippen LogP contribution in [0.1, 0.15) is 95.9 Å². The van der Waals surface area contributed by atoms with Gasteiger partial charge in [0.1, 0.15) is 0 Å². The number of hydrogen-bond acceptors (Lipinski definition) is 16. The van der Waals surface area contributed by atoms with Crippen LogP contribution in [0.5, 0.6) is 0 Å². The zero-order valence-corrected chi connectivity index (χ0v) is 40.2. The number of hydrogen-bond donors (Lipinski definition) is 0. The molecule has 1 heterocycles. The van der Waals surface area contributed by atoms with E-state index in [1.165, 1.54) is 0 Å². The highest BCUT2D eigenvalue weighted by molar-refractivity contribution is 6.59. The molecule has 0 amide bonds. The van der Waals surface area contributed by atoms with Gasteiger partial charge in [-0.25, -0.2) is 0 Å². The van der Waals surface area contributed by atoms with E-state index in [-0.39, 0.29) is 0 Å². The molecule has 1 saturated heterocycles. The van der Waals surface area contributed by atoms with E-state index in [1.807, 2.05) is 83.1 Å². The molecule has 1 aliphatic heterocycles. The first kappa shape index (κ1) is 52.2. The predicted molar refractivity (Wildman–Crippen MR) is 218 cm³/mol. The van der Waals surface area contributed by atoms with E-state index in [0.29, 0.717) is 132 Å². The van der Waals surface area contributed by atoms with E-state index in [9.17, 15) is 0 Å². The molecule has 0 aromatic heterocycles. The topological polar surface area (TPSA) is 124 Å². The first-order chi connectivity index (χ1) is 26.1. The average Bonchev–Trinajstić information content (AvgIpc) is 3.13. The molecule has 54 heavy (non-hydrogen) atoms. The lowest BCUT2D eigenvalue weighted by molar-refractivity contribution is -0.00839. The molecular formula is C34H80N4O12Si4. The Morgan fingerprint density at radius 2 is 0.370 bits per heavy atom. The van der Waals surface area contributed by atoms with E-state index in [2.05, 4.69) is 18.3 Å². The maximum Gasteiger partial charge on any atom is 0.599 e. The molecule has 0 aliphatic carbocycles. The third-order valence-corrected chi connectivity index (χ3v) is 21.2. The monoisotopic (exact) mass is 848 g/mol. The summed E-state index contributed by atoms with van der Waals surface area (Å²) in [5.74, 6) is 0. The van der Waals surface area contributed by atoms with Crippen LogP contribution in [0.4, 0.5) is 0 Å². The Morgan fingerprint density at radius 1 is 0.241 bits per heavy atom. The fraction of sp³-hybridized carbons (Fsp3) is 1.00. The van der Waals surface area contributed by atoms with Gasteiger partial charge in [-0.15, -0.1) is 0 Å². The minimum atomic E-state index is -3.31. The van der Waals surface area contributed by atoms with Gasteiger partial charge in [0.25, 0.3) is 0 Å². The van der Waals surface area contributed by atoms with Crippen molar-refractivity contribution in [3.05, 3.63) is 0 Å². The second kappa shape index (κ2) is 29.4. The largest absolute Gasteiger partial charge is 0.599 e. The molecule has 0 unspecified atom stereocenters. The Morgan fingerprint density at radius 3 is 0.481 bits per heavy atom. The Labute approximate surface area is 334 Å². The van der Waals surface area contributed by atoms with E-state index < -0.39 is 35.9 Å².